The first-order valence-corrected chi connectivity index (χ1v) is 11.7. The van der Waals surface area contributed by atoms with E-state index in [1.807, 2.05) is 4.72 Å². The first-order chi connectivity index (χ1) is 15.3. The number of nitro groups is 1. The SMILES string of the molecule is CC(C)(C)OC(=O)N(CCC(=O)NS(=O)(=O)c1ccc([N+](=O)[O-])cc1)Cc1cccc(Cl)c1. The largest absolute Gasteiger partial charge is 0.444 e. The number of hydrogen-bond acceptors (Lipinski definition) is 7. The van der Waals surface area contributed by atoms with Crippen LogP contribution in [0.1, 0.15) is 32.8 Å². The monoisotopic (exact) mass is 497 g/mol. The van der Waals surface area contributed by atoms with E-state index in [1.54, 1.807) is 45.0 Å². The van der Waals surface area contributed by atoms with Crippen molar-refractivity contribution in [3.8, 4) is 0 Å². The lowest BCUT2D eigenvalue weighted by molar-refractivity contribution is -0.384. The van der Waals surface area contributed by atoms with Crippen molar-refractivity contribution in [1.82, 2.24) is 9.62 Å². The number of nitrogens with one attached hydrogen (secondary N) is 1. The second kappa shape index (κ2) is 10.6. The average Bonchev–Trinajstić information content (AvgIpc) is 2.69. The van der Waals surface area contributed by atoms with Gasteiger partial charge in [0.25, 0.3) is 15.7 Å². The lowest BCUT2D eigenvalue weighted by Gasteiger charge is -2.27. The molecule has 2 rings (SSSR count). The molecular weight excluding hydrogens is 474 g/mol. The molecule has 0 unspecified atom stereocenters. The predicted octanol–water partition coefficient (Wildman–Crippen LogP) is 3.88. The van der Waals surface area contributed by atoms with Gasteiger partial charge in [-0.15, -0.1) is 0 Å². The van der Waals surface area contributed by atoms with Crippen molar-refractivity contribution in [1.29, 1.82) is 0 Å². The van der Waals surface area contributed by atoms with E-state index in [1.165, 1.54) is 4.90 Å². The summed E-state index contributed by atoms with van der Waals surface area (Å²) in [7, 11) is -4.24. The molecule has 0 heterocycles. The number of halogens is 1. The minimum absolute atomic E-state index is 0.0951. The number of rotatable bonds is 8. The van der Waals surface area contributed by atoms with E-state index >= 15 is 0 Å². The van der Waals surface area contributed by atoms with Crippen LogP contribution in [0, 0.1) is 10.1 Å². The van der Waals surface area contributed by atoms with Gasteiger partial charge in [0.1, 0.15) is 5.60 Å². The van der Waals surface area contributed by atoms with Gasteiger partial charge in [0, 0.05) is 36.7 Å². The summed E-state index contributed by atoms with van der Waals surface area (Å²) in [6.45, 7) is 5.07. The highest BCUT2D eigenvalue weighted by Crippen LogP contribution is 2.17. The Labute approximate surface area is 196 Å². The number of hydrogen-bond donors (Lipinski definition) is 1. The molecule has 12 heteroatoms. The molecule has 0 saturated heterocycles. The molecule has 2 aromatic carbocycles. The lowest BCUT2D eigenvalue weighted by Crippen LogP contribution is -2.39. The normalized spacial score (nSPS) is 11.5. The van der Waals surface area contributed by atoms with Gasteiger partial charge in [0.2, 0.25) is 5.91 Å². The molecule has 1 N–H and O–H groups in total. The lowest BCUT2D eigenvalue weighted by atomic mass is 10.2. The van der Waals surface area contributed by atoms with E-state index in [0.717, 1.165) is 24.3 Å². The number of nitrogens with zero attached hydrogens (tertiary/aromatic N) is 2. The smallest absolute Gasteiger partial charge is 0.410 e. The molecule has 0 atom stereocenters. The maximum Gasteiger partial charge on any atom is 0.410 e. The van der Waals surface area contributed by atoms with Gasteiger partial charge in [0.15, 0.2) is 0 Å². The van der Waals surface area contributed by atoms with E-state index < -0.39 is 32.5 Å². The van der Waals surface area contributed by atoms with E-state index in [0.29, 0.717) is 10.6 Å². The van der Waals surface area contributed by atoms with Crippen LogP contribution in [0.3, 0.4) is 0 Å². The maximum atomic E-state index is 12.6. The summed E-state index contributed by atoms with van der Waals surface area (Å²) in [5.41, 5.74) is -0.355. The summed E-state index contributed by atoms with van der Waals surface area (Å²) >= 11 is 6.00. The van der Waals surface area contributed by atoms with Crippen LogP contribution in [0.15, 0.2) is 53.4 Å². The molecule has 33 heavy (non-hydrogen) atoms. The second-order valence-electron chi connectivity index (χ2n) is 8.06. The minimum atomic E-state index is -4.24. The zero-order valence-electron chi connectivity index (χ0n) is 18.3. The Hall–Kier alpha value is -3.18. The summed E-state index contributed by atoms with van der Waals surface area (Å²) in [5, 5.41) is 11.2. The zero-order valence-corrected chi connectivity index (χ0v) is 19.9. The molecule has 0 radical (unpaired) electrons. The van der Waals surface area contributed by atoms with Gasteiger partial charge >= 0.3 is 6.09 Å². The molecule has 178 valence electrons. The van der Waals surface area contributed by atoms with Gasteiger partial charge in [-0.1, -0.05) is 23.7 Å². The molecule has 2 aromatic rings. The summed E-state index contributed by atoms with van der Waals surface area (Å²) in [5.74, 6) is -0.854. The Kier molecular flexibility index (Phi) is 8.39. The number of sulfonamides is 1. The molecule has 0 aromatic heterocycles. The van der Waals surface area contributed by atoms with Crippen molar-refractivity contribution in [2.45, 2.75) is 44.2 Å². The Bertz CT molecular complexity index is 1130. The van der Waals surface area contributed by atoms with E-state index in [9.17, 15) is 28.1 Å². The third kappa shape index (κ3) is 8.35. The Balaban J connectivity index is 2.08. The summed E-state index contributed by atoms with van der Waals surface area (Å²) in [4.78, 5) is 36.0. The predicted molar refractivity (Wildman–Crippen MR) is 121 cm³/mol. The molecule has 0 aliphatic heterocycles. The standard InChI is InChI=1S/C21H24ClN3O7S/c1-21(2,3)32-20(27)24(14-15-5-4-6-16(22)13-15)12-11-19(26)23-33(30,31)18-9-7-17(8-10-18)25(28)29/h4-10,13H,11-12,14H2,1-3H3,(H,23,26). The van der Waals surface area contributed by atoms with Gasteiger partial charge in [-0.3, -0.25) is 14.9 Å². The van der Waals surface area contributed by atoms with Crippen molar-refractivity contribution in [3.05, 3.63) is 69.2 Å². The van der Waals surface area contributed by atoms with Crippen LogP contribution in [0.5, 0.6) is 0 Å². The van der Waals surface area contributed by atoms with Crippen LogP contribution in [0.25, 0.3) is 0 Å². The number of carbonyl (C=O) groups excluding carboxylic acids is 2. The van der Waals surface area contributed by atoms with Crippen LogP contribution in [0.4, 0.5) is 10.5 Å². The Morgan fingerprint density at radius 2 is 1.79 bits per heavy atom. The highest BCUT2D eigenvalue weighted by Gasteiger charge is 2.24. The Morgan fingerprint density at radius 3 is 2.33 bits per heavy atom. The maximum absolute atomic E-state index is 12.6. The van der Waals surface area contributed by atoms with Gasteiger partial charge in [-0.05, 0) is 50.6 Å². The van der Waals surface area contributed by atoms with Crippen molar-refractivity contribution >= 4 is 39.3 Å². The molecule has 0 fully saturated rings. The van der Waals surface area contributed by atoms with Crippen LogP contribution < -0.4 is 4.72 Å². The fourth-order valence-electron chi connectivity index (χ4n) is 2.66. The number of non-ortho nitro benzene ring substituents is 1. The molecule has 0 aliphatic rings. The third-order valence-corrected chi connectivity index (χ3v) is 5.75. The molecule has 0 saturated carbocycles. The zero-order chi connectivity index (χ0) is 24.8. The second-order valence-corrected chi connectivity index (χ2v) is 10.2. The number of benzene rings is 2. The highest BCUT2D eigenvalue weighted by atomic mass is 35.5. The highest BCUT2D eigenvalue weighted by molar-refractivity contribution is 7.90. The topological polar surface area (TPSA) is 136 Å². The molecular formula is C21H24ClN3O7S. The average molecular weight is 498 g/mol. The summed E-state index contributed by atoms with van der Waals surface area (Å²) < 4.78 is 32.1. The summed E-state index contributed by atoms with van der Waals surface area (Å²) in [6.07, 6.45) is -1.00. The quantitative estimate of drug-likeness (QED) is 0.431. The van der Waals surface area contributed by atoms with Crippen LogP contribution in [-0.4, -0.2) is 42.4 Å². The Morgan fingerprint density at radius 1 is 1.15 bits per heavy atom. The van der Waals surface area contributed by atoms with Crippen LogP contribution in [-0.2, 0) is 26.1 Å². The number of ether oxygens (including phenoxy) is 1. The molecule has 0 aliphatic carbocycles. The van der Waals surface area contributed by atoms with Gasteiger partial charge < -0.3 is 9.64 Å². The van der Waals surface area contributed by atoms with Crippen molar-refractivity contribution in [2.75, 3.05) is 6.54 Å². The van der Waals surface area contributed by atoms with E-state index in [-0.39, 0.29) is 30.1 Å². The van der Waals surface area contributed by atoms with Crippen molar-refractivity contribution in [3.63, 3.8) is 0 Å². The van der Waals surface area contributed by atoms with Gasteiger partial charge in [0.05, 0.1) is 9.82 Å². The van der Waals surface area contributed by atoms with E-state index in [4.69, 9.17) is 16.3 Å². The summed E-state index contributed by atoms with van der Waals surface area (Å²) in [6, 6.07) is 10.9. The first kappa shape index (κ1) is 26.1. The number of amides is 2. The fourth-order valence-corrected chi connectivity index (χ4v) is 3.89. The van der Waals surface area contributed by atoms with Crippen LogP contribution in [0.2, 0.25) is 5.02 Å². The molecule has 10 nitrogen and oxygen atoms in total. The van der Waals surface area contributed by atoms with E-state index in [2.05, 4.69) is 0 Å². The molecule has 2 amide bonds. The number of nitro benzene ring substituents is 1. The van der Waals surface area contributed by atoms with Crippen molar-refractivity contribution < 1.29 is 27.7 Å². The first-order valence-electron chi connectivity index (χ1n) is 9.79. The minimum Gasteiger partial charge on any atom is -0.444 e. The molecule has 0 spiro atoms. The van der Waals surface area contributed by atoms with Gasteiger partial charge in [-0.2, -0.15) is 0 Å². The van der Waals surface area contributed by atoms with Gasteiger partial charge in [-0.25, -0.2) is 17.9 Å². The third-order valence-electron chi connectivity index (χ3n) is 4.13. The van der Waals surface area contributed by atoms with Crippen molar-refractivity contribution in [2.24, 2.45) is 0 Å². The molecule has 0 bridgehead atoms. The van der Waals surface area contributed by atoms with Crippen LogP contribution >= 0.6 is 11.6 Å². The fraction of sp³-hybridized carbons (Fsp3) is 0.333. The number of carbonyl (C=O) groups is 2.